The molecule has 0 saturated carbocycles. The maximum atomic E-state index is 11.8. The van der Waals surface area contributed by atoms with E-state index in [1.54, 1.807) is 12.1 Å². The second-order valence-electron chi connectivity index (χ2n) is 5.85. The zero-order chi connectivity index (χ0) is 15.2. The number of carbonyl (C=O) groups is 2. The summed E-state index contributed by atoms with van der Waals surface area (Å²) in [6, 6.07) is 7.13. The monoisotopic (exact) mass is 340 g/mol. The molecule has 4 nitrogen and oxygen atoms in total. The highest BCUT2D eigenvalue weighted by Crippen LogP contribution is 2.17. The molecule has 0 heterocycles. The van der Waals surface area contributed by atoms with Gasteiger partial charge in [-0.05, 0) is 29.7 Å². The predicted octanol–water partition coefficient (Wildman–Crippen LogP) is 2.73. The van der Waals surface area contributed by atoms with Crippen LogP contribution in [-0.2, 0) is 4.79 Å². The van der Waals surface area contributed by atoms with Gasteiger partial charge in [-0.1, -0.05) is 36.7 Å². The van der Waals surface area contributed by atoms with Gasteiger partial charge in [0, 0.05) is 29.5 Å². The molecule has 0 spiro atoms. The van der Waals surface area contributed by atoms with Gasteiger partial charge in [0.1, 0.15) is 0 Å². The van der Waals surface area contributed by atoms with Crippen molar-refractivity contribution in [1.29, 1.82) is 0 Å². The van der Waals surface area contributed by atoms with Gasteiger partial charge in [0.25, 0.3) is 5.91 Å². The first-order chi connectivity index (χ1) is 9.28. The van der Waals surface area contributed by atoms with E-state index in [1.165, 1.54) is 0 Å². The summed E-state index contributed by atoms with van der Waals surface area (Å²) in [6.07, 6.45) is 0.480. The molecule has 0 aromatic heterocycles. The molecule has 0 aliphatic heterocycles. The van der Waals surface area contributed by atoms with E-state index in [0.29, 0.717) is 25.1 Å². The molecule has 5 heteroatoms. The average molecular weight is 341 g/mol. The van der Waals surface area contributed by atoms with Gasteiger partial charge in [-0.15, -0.1) is 0 Å². The summed E-state index contributed by atoms with van der Waals surface area (Å²) in [5.74, 6) is -0.127. The van der Waals surface area contributed by atoms with Crippen molar-refractivity contribution in [2.24, 2.45) is 5.41 Å². The number of carbonyl (C=O) groups excluding carboxylic acids is 2. The molecule has 0 radical (unpaired) electrons. The molecule has 0 saturated heterocycles. The number of amides is 2. The van der Waals surface area contributed by atoms with Crippen LogP contribution in [0.5, 0.6) is 0 Å². The lowest BCUT2D eigenvalue weighted by molar-refractivity contribution is -0.122. The van der Waals surface area contributed by atoms with Gasteiger partial charge in [0.05, 0.1) is 0 Å². The maximum Gasteiger partial charge on any atom is 0.251 e. The Morgan fingerprint density at radius 3 is 2.15 bits per heavy atom. The number of hydrogen-bond donors (Lipinski definition) is 2. The molecule has 110 valence electrons. The number of rotatable bonds is 5. The highest BCUT2D eigenvalue weighted by Gasteiger charge is 2.15. The van der Waals surface area contributed by atoms with Crippen molar-refractivity contribution < 1.29 is 9.59 Å². The molecule has 0 bridgehead atoms. The Morgan fingerprint density at radius 2 is 1.60 bits per heavy atom. The van der Waals surface area contributed by atoms with Crippen LogP contribution in [0, 0.1) is 5.41 Å². The second-order valence-corrected chi connectivity index (χ2v) is 6.77. The van der Waals surface area contributed by atoms with Crippen LogP contribution >= 0.6 is 15.9 Å². The van der Waals surface area contributed by atoms with Gasteiger partial charge in [0.2, 0.25) is 5.91 Å². The molecule has 0 aliphatic carbocycles. The summed E-state index contributed by atoms with van der Waals surface area (Å²) in [7, 11) is 0. The molecule has 1 aromatic carbocycles. The first-order valence-electron chi connectivity index (χ1n) is 6.58. The van der Waals surface area contributed by atoms with E-state index >= 15 is 0 Å². The molecule has 0 unspecified atom stereocenters. The standard InChI is InChI=1S/C15H21BrN2O2/c1-15(2,3)10-13(19)17-8-9-18-14(20)11-4-6-12(16)7-5-11/h4-7H,8-10H2,1-3H3,(H,17,19)(H,18,20). The van der Waals surface area contributed by atoms with Crippen molar-refractivity contribution in [3.8, 4) is 0 Å². The van der Waals surface area contributed by atoms with Crippen LogP contribution in [0.3, 0.4) is 0 Å². The largest absolute Gasteiger partial charge is 0.354 e. The first kappa shape index (κ1) is 16.7. The lowest BCUT2D eigenvalue weighted by Crippen LogP contribution is -2.35. The van der Waals surface area contributed by atoms with Crippen LogP contribution in [0.4, 0.5) is 0 Å². The summed E-state index contributed by atoms with van der Waals surface area (Å²) < 4.78 is 0.934. The smallest absolute Gasteiger partial charge is 0.251 e. The normalized spacial score (nSPS) is 11.0. The van der Waals surface area contributed by atoms with Crippen LogP contribution in [0.2, 0.25) is 0 Å². The minimum Gasteiger partial charge on any atom is -0.354 e. The van der Waals surface area contributed by atoms with Gasteiger partial charge in [-0.2, -0.15) is 0 Å². The highest BCUT2D eigenvalue weighted by molar-refractivity contribution is 9.10. The molecular formula is C15H21BrN2O2. The molecule has 1 aromatic rings. The Hall–Kier alpha value is -1.36. The summed E-state index contributed by atoms with van der Waals surface area (Å²) >= 11 is 3.32. The third kappa shape index (κ3) is 6.70. The zero-order valence-corrected chi connectivity index (χ0v) is 13.7. The second kappa shape index (κ2) is 7.43. The van der Waals surface area contributed by atoms with Gasteiger partial charge < -0.3 is 10.6 Å². The van der Waals surface area contributed by atoms with Crippen LogP contribution in [0.15, 0.2) is 28.7 Å². The van der Waals surface area contributed by atoms with Gasteiger partial charge in [-0.25, -0.2) is 0 Å². The lowest BCUT2D eigenvalue weighted by atomic mass is 9.92. The third-order valence-electron chi connectivity index (χ3n) is 2.53. The van der Waals surface area contributed by atoms with E-state index in [4.69, 9.17) is 0 Å². The minimum absolute atomic E-state index is 0.00962. The summed E-state index contributed by atoms with van der Waals surface area (Å²) in [6.45, 7) is 6.91. The Bertz CT molecular complexity index is 464. The van der Waals surface area contributed by atoms with Crippen LogP contribution in [-0.4, -0.2) is 24.9 Å². The summed E-state index contributed by atoms with van der Waals surface area (Å²) in [4.78, 5) is 23.4. The molecule has 2 N–H and O–H groups in total. The van der Waals surface area contributed by atoms with Crippen LogP contribution < -0.4 is 10.6 Å². The fraction of sp³-hybridized carbons (Fsp3) is 0.467. The van der Waals surface area contributed by atoms with Crippen molar-refractivity contribution in [3.05, 3.63) is 34.3 Å². The van der Waals surface area contributed by atoms with E-state index in [0.717, 1.165) is 4.47 Å². The van der Waals surface area contributed by atoms with E-state index in [-0.39, 0.29) is 17.2 Å². The van der Waals surface area contributed by atoms with Gasteiger partial charge in [0.15, 0.2) is 0 Å². The first-order valence-corrected chi connectivity index (χ1v) is 7.38. The zero-order valence-electron chi connectivity index (χ0n) is 12.1. The van der Waals surface area contributed by atoms with E-state index < -0.39 is 0 Å². The Balaban J connectivity index is 2.26. The summed E-state index contributed by atoms with van der Waals surface area (Å²) in [5.41, 5.74) is 0.583. The predicted molar refractivity (Wildman–Crippen MR) is 83.6 cm³/mol. The molecule has 0 fully saturated rings. The summed E-state index contributed by atoms with van der Waals surface area (Å²) in [5, 5.41) is 5.56. The maximum absolute atomic E-state index is 11.8. The lowest BCUT2D eigenvalue weighted by Gasteiger charge is -2.17. The Labute approximate surface area is 128 Å². The quantitative estimate of drug-likeness (QED) is 0.809. The van der Waals surface area contributed by atoms with Crippen LogP contribution in [0.1, 0.15) is 37.6 Å². The molecular weight excluding hydrogens is 320 g/mol. The van der Waals surface area contributed by atoms with Gasteiger partial charge >= 0.3 is 0 Å². The highest BCUT2D eigenvalue weighted by atomic mass is 79.9. The van der Waals surface area contributed by atoms with Crippen molar-refractivity contribution in [1.82, 2.24) is 10.6 Å². The van der Waals surface area contributed by atoms with Crippen molar-refractivity contribution in [2.75, 3.05) is 13.1 Å². The number of nitrogens with one attached hydrogen (secondary N) is 2. The van der Waals surface area contributed by atoms with E-state index in [9.17, 15) is 9.59 Å². The Morgan fingerprint density at radius 1 is 1.05 bits per heavy atom. The number of hydrogen-bond acceptors (Lipinski definition) is 2. The fourth-order valence-electron chi connectivity index (χ4n) is 1.63. The molecule has 0 aliphatic rings. The minimum atomic E-state index is -0.137. The van der Waals surface area contributed by atoms with Gasteiger partial charge in [-0.3, -0.25) is 9.59 Å². The molecule has 0 atom stereocenters. The Kier molecular flexibility index (Phi) is 6.20. The topological polar surface area (TPSA) is 58.2 Å². The molecule has 1 rings (SSSR count). The number of halogens is 1. The fourth-order valence-corrected chi connectivity index (χ4v) is 1.89. The van der Waals surface area contributed by atoms with E-state index in [1.807, 2.05) is 32.9 Å². The SMILES string of the molecule is CC(C)(C)CC(=O)NCCNC(=O)c1ccc(Br)cc1. The van der Waals surface area contributed by atoms with E-state index in [2.05, 4.69) is 26.6 Å². The third-order valence-corrected chi connectivity index (χ3v) is 3.06. The number of benzene rings is 1. The molecule has 20 heavy (non-hydrogen) atoms. The van der Waals surface area contributed by atoms with Crippen molar-refractivity contribution in [3.63, 3.8) is 0 Å². The van der Waals surface area contributed by atoms with Crippen LogP contribution in [0.25, 0.3) is 0 Å². The van der Waals surface area contributed by atoms with Crippen molar-refractivity contribution in [2.45, 2.75) is 27.2 Å². The van der Waals surface area contributed by atoms with Crippen molar-refractivity contribution >= 4 is 27.7 Å². The molecule has 2 amide bonds. The average Bonchev–Trinajstić information content (AvgIpc) is 2.33.